The van der Waals surface area contributed by atoms with Gasteiger partial charge in [0.05, 0.1) is 18.1 Å². The first-order valence-corrected chi connectivity index (χ1v) is 6.19. The van der Waals surface area contributed by atoms with Crippen molar-refractivity contribution in [2.75, 3.05) is 0 Å². The van der Waals surface area contributed by atoms with Crippen molar-refractivity contribution in [1.82, 2.24) is 24.7 Å². The molecule has 0 atom stereocenters. The zero-order valence-corrected chi connectivity index (χ0v) is 10.8. The van der Waals surface area contributed by atoms with E-state index in [0.717, 1.165) is 0 Å². The normalized spacial score (nSPS) is 10.6. The van der Waals surface area contributed by atoms with Crippen LogP contribution in [0.1, 0.15) is 5.69 Å². The largest absolute Gasteiger partial charge is 0.339 e. The first-order chi connectivity index (χ1) is 8.56. The predicted octanol–water partition coefficient (Wildman–Crippen LogP) is 0.204. The quantitative estimate of drug-likeness (QED) is 0.640. The van der Waals surface area contributed by atoms with Gasteiger partial charge in [0.25, 0.3) is 0 Å². The maximum absolute atomic E-state index is 11.1. The summed E-state index contributed by atoms with van der Waals surface area (Å²) in [5, 5.41) is 3.08. The van der Waals surface area contributed by atoms with Crippen LogP contribution in [-0.2, 0) is 12.8 Å². The first kappa shape index (κ1) is 12.8. The molecule has 0 aliphatic rings. The molecule has 18 heavy (non-hydrogen) atoms. The van der Waals surface area contributed by atoms with Gasteiger partial charge in [-0.05, 0) is 0 Å². The Labute approximate surface area is 110 Å². The van der Waals surface area contributed by atoms with E-state index >= 15 is 0 Å². The summed E-state index contributed by atoms with van der Waals surface area (Å²) in [7, 11) is 1.60. The predicted molar refractivity (Wildman–Crippen MR) is 66.7 cm³/mol. The number of aryl methyl sites for hydroxylation is 1. The molecule has 7 nitrogen and oxygen atoms in total. The van der Waals surface area contributed by atoms with Crippen molar-refractivity contribution in [3.63, 3.8) is 0 Å². The molecule has 0 saturated heterocycles. The third kappa shape index (κ3) is 2.96. The van der Waals surface area contributed by atoms with Gasteiger partial charge in [0.15, 0.2) is 5.16 Å². The third-order valence-electron chi connectivity index (χ3n) is 1.97. The van der Waals surface area contributed by atoms with Gasteiger partial charge in [-0.2, -0.15) is 4.98 Å². The lowest BCUT2D eigenvalue weighted by Crippen LogP contribution is -2.33. The highest BCUT2D eigenvalue weighted by molar-refractivity contribution is 7.98. The number of halogens is 1. The van der Waals surface area contributed by atoms with E-state index in [9.17, 15) is 9.59 Å². The summed E-state index contributed by atoms with van der Waals surface area (Å²) in [5.74, 6) is 0.469. The number of aromatic nitrogens is 5. The minimum absolute atomic E-state index is 0.318. The zero-order valence-electron chi connectivity index (χ0n) is 9.25. The summed E-state index contributed by atoms with van der Waals surface area (Å²) >= 11 is 6.88. The second kappa shape index (κ2) is 5.32. The summed E-state index contributed by atoms with van der Waals surface area (Å²) in [6, 6.07) is 0. The second-order valence-corrected chi connectivity index (χ2v) is 4.65. The summed E-state index contributed by atoms with van der Waals surface area (Å²) in [6.45, 7) is 0. The van der Waals surface area contributed by atoms with Crippen molar-refractivity contribution < 1.29 is 0 Å². The molecule has 2 heterocycles. The number of aromatic amines is 1. The first-order valence-electron chi connectivity index (χ1n) is 4.83. The van der Waals surface area contributed by atoms with E-state index in [-0.39, 0.29) is 0 Å². The van der Waals surface area contributed by atoms with Gasteiger partial charge in [0, 0.05) is 12.8 Å². The van der Waals surface area contributed by atoms with Crippen molar-refractivity contribution in [3.05, 3.63) is 43.9 Å². The monoisotopic (exact) mass is 285 g/mol. The van der Waals surface area contributed by atoms with E-state index < -0.39 is 11.1 Å². The van der Waals surface area contributed by atoms with Gasteiger partial charge < -0.3 is 0 Å². The zero-order chi connectivity index (χ0) is 13.1. The van der Waals surface area contributed by atoms with Crippen LogP contribution < -0.4 is 11.1 Å². The van der Waals surface area contributed by atoms with E-state index in [0.29, 0.717) is 21.8 Å². The molecular formula is C9H8ClN5O2S. The molecule has 0 radical (unpaired) electrons. The van der Waals surface area contributed by atoms with Crippen LogP contribution in [0, 0.1) is 0 Å². The molecule has 0 aliphatic heterocycles. The molecule has 9 heteroatoms. The molecule has 0 aliphatic carbocycles. The fourth-order valence-electron chi connectivity index (χ4n) is 1.14. The van der Waals surface area contributed by atoms with E-state index in [1.165, 1.54) is 22.6 Å². The maximum atomic E-state index is 11.1. The average Bonchev–Trinajstić information content (AvgIpc) is 2.34. The molecule has 94 valence electrons. The molecule has 2 aromatic rings. The number of H-pyrrole nitrogens is 1. The van der Waals surface area contributed by atoms with Crippen molar-refractivity contribution in [1.29, 1.82) is 0 Å². The van der Waals surface area contributed by atoms with Gasteiger partial charge >= 0.3 is 11.1 Å². The molecule has 0 unspecified atom stereocenters. The molecule has 0 fully saturated rings. The molecule has 2 aromatic heterocycles. The van der Waals surface area contributed by atoms with Gasteiger partial charge in [-0.15, -0.1) is 0 Å². The smallest absolute Gasteiger partial charge is 0.265 e. The summed E-state index contributed by atoms with van der Waals surface area (Å²) in [5.41, 5.74) is -0.851. The Hall–Kier alpha value is -1.67. The number of nitrogens with one attached hydrogen (secondary N) is 1. The van der Waals surface area contributed by atoms with Gasteiger partial charge in [0.2, 0.25) is 0 Å². The van der Waals surface area contributed by atoms with E-state index in [2.05, 4.69) is 20.1 Å². The molecule has 0 spiro atoms. The fourth-order valence-corrected chi connectivity index (χ4v) is 2.05. The number of nitrogens with zero attached hydrogens (tertiary/aromatic N) is 4. The van der Waals surface area contributed by atoms with Crippen LogP contribution in [0.2, 0.25) is 5.15 Å². The standard InChI is InChI=1S/C9H8ClN5O2S/c1-15-9(13-7(16)8(17)14-15)18-4-5-2-12-6(10)3-11-5/h2-3H,4H2,1H3,(H,14,17). The van der Waals surface area contributed by atoms with Crippen LogP contribution in [0.3, 0.4) is 0 Å². The van der Waals surface area contributed by atoms with Crippen LogP contribution >= 0.6 is 23.4 Å². The van der Waals surface area contributed by atoms with Crippen LogP contribution in [0.15, 0.2) is 27.1 Å². The number of rotatable bonds is 3. The second-order valence-electron chi connectivity index (χ2n) is 3.32. The molecule has 0 bridgehead atoms. The number of hydrogen-bond acceptors (Lipinski definition) is 6. The van der Waals surface area contributed by atoms with Crippen molar-refractivity contribution in [2.24, 2.45) is 7.05 Å². The van der Waals surface area contributed by atoms with Gasteiger partial charge in [0.1, 0.15) is 5.15 Å². The van der Waals surface area contributed by atoms with Crippen LogP contribution in [0.4, 0.5) is 0 Å². The number of thioether (sulfide) groups is 1. The van der Waals surface area contributed by atoms with Crippen LogP contribution in [0.5, 0.6) is 0 Å². The minimum atomic E-state index is -0.808. The highest BCUT2D eigenvalue weighted by atomic mass is 35.5. The molecule has 2 rings (SSSR count). The van der Waals surface area contributed by atoms with E-state index in [4.69, 9.17) is 11.6 Å². The molecule has 0 amide bonds. The minimum Gasteiger partial charge on any atom is -0.265 e. The maximum Gasteiger partial charge on any atom is 0.339 e. The highest BCUT2D eigenvalue weighted by Gasteiger charge is 2.05. The summed E-state index contributed by atoms with van der Waals surface area (Å²) in [4.78, 5) is 33.7. The topological polar surface area (TPSA) is 93.5 Å². The SMILES string of the molecule is Cn1[nH]c(=O)c(=O)nc1SCc1cnc(Cl)cn1. The van der Waals surface area contributed by atoms with Gasteiger partial charge in [-0.3, -0.25) is 24.4 Å². The summed E-state index contributed by atoms with van der Waals surface area (Å²) < 4.78 is 1.39. The fraction of sp³-hybridized carbons (Fsp3) is 0.222. The molecule has 0 aromatic carbocycles. The van der Waals surface area contributed by atoms with Gasteiger partial charge in [-0.1, -0.05) is 23.4 Å². The van der Waals surface area contributed by atoms with Crippen molar-refractivity contribution in [3.8, 4) is 0 Å². The Morgan fingerprint density at radius 2 is 2.17 bits per heavy atom. The van der Waals surface area contributed by atoms with Crippen LogP contribution in [-0.4, -0.2) is 24.7 Å². The number of hydrogen-bond donors (Lipinski definition) is 1. The molecule has 0 saturated carbocycles. The lowest BCUT2D eigenvalue weighted by atomic mass is 10.5. The third-order valence-corrected chi connectivity index (χ3v) is 3.23. The Morgan fingerprint density at radius 3 is 2.83 bits per heavy atom. The lowest BCUT2D eigenvalue weighted by Gasteiger charge is -2.04. The Bertz CT molecular complexity index is 666. The van der Waals surface area contributed by atoms with E-state index in [1.54, 1.807) is 13.2 Å². The average molecular weight is 286 g/mol. The van der Waals surface area contributed by atoms with Crippen molar-refractivity contribution >= 4 is 23.4 Å². The van der Waals surface area contributed by atoms with E-state index in [1.807, 2.05) is 0 Å². The van der Waals surface area contributed by atoms with Crippen molar-refractivity contribution in [2.45, 2.75) is 10.9 Å². The molecule has 1 N–H and O–H groups in total. The summed E-state index contributed by atoms with van der Waals surface area (Å²) in [6.07, 6.45) is 2.98. The lowest BCUT2D eigenvalue weighted by molar-refractivity contribution is 0.596. The highest BCUT2D eigenvalue weighted by Crippen LogP contribution is 2.17. The van der Waals surface area contributed by atoms with Gasteiger partial charge in [-0.25, -0.2) is 4.98 Å². The molecular weight excluding hydrogens is 278 g/mol. The Morgan fingerprint density at radius 1 is 1.39 bits per heavy atom. The Balaban J connectivity index is 2.15. The Kier molecular flexibility index (Phi) is 3.78. The van der Waals surface area contributed by atoms with Crippen LogP contribution in [0.25, 0.3) is 0 Å².